The van der Waals surface area contributed by atoms with Crippen molar-refractivity contribution in [1.29, 1.82) is 0 Å². The molecule has 2 aromatic carbocycles. The van der Waals surface area contributed by atoms with E-state index in [1.54, 1.807) is 0 Å². The van der Waals surface area contributed by atoms with Gasteiger partial charge in [-0.05, 0) is 63.1 Å². The summed E-state index contributed by atoms with van der Waals surface area (Å²) in [6.45, 7) is 4.41. The average molecular weight is 406 g/mol. The Bertz CT molecular complexity index is 642. The number of esters is 1. The van der Waals surface area contributed by atoms with Gasteiger partial charge < -0.3 is 20.3 Å². The Morgan fingerprint density at radius 3 is 1.93 bits per heavy atom. The Morgan fingerprint density at radius 1 is 1.10 bits per heavy atom. The molecule has 1 fully saturated rings. The second-order valence-corrected chi connectivity index (χ2v) is 5.76. The van der Waals surface area contributed by atoms with Crippen LogP contribution in [0.5, 0.6) is 11.5 Å². The van der Waals surface area contributed by atoms with Gasteiger partial charge in [-0.3, -0.25) is 14.8 Å². The van der Waals surface area contributed by atoms with Crippen LogP contribution in [0, 0.1) is 12.8 Å². The number of carbonyl (C=O) groups is 2. The minimum absolute atomic E-state index is 0.00694. The number of benzene rings is 2. The molecule has 8 heteroatoms. The van der Waals surface area contributed by atoms with Crippen LogP contribution in [0.15, 0.2) is 48.5 Å². The molecule has 160 valence electrons. The first kappa shape index (κ1) is 25.9. The monoisotopic (exact) mass is 406 g/mol. The van der Waals surface area contributed by atoms with Crippen LogP contribution in [0.4, 0.5) is 5.69 Å². The van der Waals surface area contributed by atoms with Crippen molar-refractivity contribution in [1.82, 2.24) is 5.48 Å². The van der Waals surface area contributed by atoms with Crippen LogP contribution in [0.3, 0.4) is 0 Å². The van der Waals surface area contributed by atoms with Gasteiger partial charge in [-0.1, -0.05) is 17.7 Å². The number of anilines is 1. The van der Waals surface area contributed by atoms with Gasteiger partial charge in [-0.15, -0.1) is 0 Å². The summed E-state index contributed by atoms with van der Waals surface area (Å²) in [5.74, 6) is 1.89. The molecule has 3 rings (SSSR count). The normalized spacial score (nSPS) is 11.1. The number of ether oxygens (including phenoxy) is 2. The molecule has 2 aromatic rings. The van der Waals surface area contributed by atoms with E-state index in [0.29, 0.717) is 6.61 Å². The first-order chi connectivity index (χ1) is 14.0. The lowest BCUT2D eigenvalue weighted by molar-refractivity contribution is -0.144. The van der Waals surface area contributed by atoms with Crippen molar-refractivity contribution in [2.45, 2.75) is 26.7 Å². The minimum atomic E-state index is -0.00694. The number of rotatable bonds is 5. The van der Waals surface area contributed by atoms with E-state index in [4.69, 9.17) is 30.3 Å². The molecule has 0 atom stereocenters. The van der Waals surface area contributed by atoms with E-state index in [-0.39, 0.29) is 18.3 Å². The van der Waals surface area contributed by atoms with Crippen molar-refractivity contribution < 1.29 is 29.4 Å². The van der Waals surface area contributed by atoms with E-state index >= 15 is 0 Å². The number of hydrogen-bond acceptors (Lipinski definition) is 7. The summed E-state index contributed by atoms with van der Waals surface area (Å²) in [4.78, 5) is 19.4. The summed E-state index contributed by atoms with van der Waals surface area (Å²) in [5, 5.41) is 14.3. The number of aliphatic hydroxyl groups excluding tert-OH is 1. The smallest absolute Gasteiger partial charge is 0.308 e. The van der Waals surface area contributed by atoms with Gasteiger partial charge in [-0.2, -0.15) is 0 Å². The predicted octanol–water partition coefficient (Wildman–Crippen LogP) is 3.06. The molecule has 29 heavy (non-hydrogen) atoms. The van der Waals surface area contributed by atoms with Crippen LogP contribution < -0.4 is 16.0 Å². The molecule has 8 nitrogen and oxygen atoms in total. The summed E-state index contributed by atoms with van der Waals surface area (Å²) in [7, 11) is 1.00. The van der Waals surface area contributed by atoms with Gasteiger partial charge in [0, 0.05) is 12.8 Å². The largest absolute Gasteiger partial charge is 0.466 e. The molecule has 1 aliphatic carbocycles. The summed E-state index contributed by atoms with van der Waals surface area (Å²) in [6.07, 6.45) is 2.26. The molecular weight excluding hydrogens is 376 g/mol. The standard InChI is InChI=1S/C13H13NO.C6H10O2.CH3NO2.CH4O/c1-10-2-6-12(7-3-10)15-13-8-4-11(14)5-9-13;1-2-8-6(7)5-3-4-5;3-1-2-4;1-2/h2-9H,14H2,1H3;5H,2-4H2,1H3;1,4H,(H,2,3);2H,1H3. The quantitative estimate of drug-likeness (QED) is 0.197. The number of hydrogen-bond donors (Lipinski definition) is 4. The molecule has 1 saturated carbocycles. The summed E-state index contributed by atoms with van der Waals surface area (Å²) in [5.41, 5.74) is 8.80. The van der Waals surface area contributed by atoms with Crippen LogP contribution in [-0.4, -0.2) is 36.4 Å². The van der Waals surface area contributed by atoms with Gasteiger partial charge in [0.2, 0.25) is 6.41 Å². The summed E-state index contributed by atoms with van der Waals surface area (Å²) < 4.78 is 10.4. The number of aliphatic hydroxyl groups is 1. The van der Waals surface area contributed by atoms with Gasteiger partial charge in [0.1, 0.15) is 11.5 Å². The maximum atomic E-state index is 10.6. The van der Waals surface area contributed by atoms with Gasteiger partial charge in [0.25, 0.3) is 0 Å². The molecule has 1 aliphatic rings. The van der Waals surface area contributed by atoms with Crippen molar-refractivity contribution in [2.24, 2.45) is 5.92 Å². The lowest BCUT2D eigenvalue weighted by atomic mass is 10.2. The Morgan fingerprint density at radius 2 is 1.55 bits per heavy atom. The van der Waals surface area contributed by atoms with Crippen molar-refractivity contribution in [3.63, 3.8) is 0 Å². The average Bonchev–Trinajstić information content (AvgIpc) is 3.59. The molecule has 0 heterocycles. The lowest BCUT2D eigenvalue weighted by Gasteiger charge is -2.05. The zero-order valence-electron chi connectivity index (χ0n) is 17.0. The molecule has 0 bridgehead atoms. The van der Waals surface area contributed by atoms with Crippen LogP contribution >= 0.6 is 0 Å². The first-order valence-corrected chi connectivity index (χ1v) is 9.04. The van der Waals surface area contributed by atoms with E-state index in [2.05, 4.69) is 0 Å². The van der Waals surface area contributed by atoms with Gasteiger partial charge in [0.05, 0.1) is 12.5 Å². The van der Waals surface area contributed by atoms with E-state index in [1.807, 2.05) is 62.4 Å². The highest BCUT2D eigenvalue weighted by molar-refractivity contribution is 5.74. The number of hydroxylamine groups is 1. The predicted molar refractivity (Wildman–Crippen MR) is 111 cm³/mol. The summed E-state index contributed by atoms with van der Waals surface area (Å²) in [6, 6.07) is 15.3. The topological polar surface area (TPSA) is 131 Å². The second-order valence-electron chi connectivity index (χ2n) is 5.76. The van der Waals surface area contributed by atoms with Gasteiger partial charge in [0.15, 0.2) is 0 Å². The zero-order valence-corrected chi connectivity index (χ0v) is 17.0. The maximum Gasteiger partial charge on any atom is 0.308 e. The fraction of sp³-hybridized carbons (Fsp3) is 0.333. The van der Waals surface area contributed by atoms with E-state index in [1.165, 1.54) is 11.0 Å². The fourth-order valence-electron chi connectivity index (χ4n) is 1.86. The molecule has 5 N–H and O–H groups in total. The Balaban J connectivity index is 0.000000471. The molecule has 0 aliphatic heterocycles. The Labute approximate surface area is 171 Å². The second kappa shape index (κ2) is 15.9. The number of carbonyl (C=O) groups excluding carboxylic acids is 2. The molecule has 0 aromatic heterocycles. The number of amides is 1. The van der Waals surface area contributed by atoms with Crippen molar-refractivity contribution >= 4 is 18.1 Å². The van der Waals surface area contributed by atoms with Crippen LogP contribution in [0.1, 0.15) is 25.3 Å². The summed E-state index contributed by atoms with van der Waals surface area (Å²) >= 11 is 0. The Hall–Kier alpha value is -3.10. The van der Waals surface area contributed by atoms with Crippen molar-refractivity contribution in [3.8, 4) is 11.5 Å². The number of nitrogen functional groups attached to an aromatic ring is 1. The van der Waals surface area contributed by atoms with Crippen LogP contribution in [0.2, 0.25) is 0 Å². The van der Waals surface area contributed by atoms with E-state index in [9.17, 15) is 4.79 Å². The SMILES string of the molecule is CCOC(=O)C1CC1.CO.Cc1ccc(Oc2ccc(N)cc2)cc1.O=CNO. The van der Waals surface area contributed by atoms with E-state index in [0.717, 1.165) is 37.1 Å². The Kier molecular flexibility index (Phi) is 14.2. The van der Waals surface area contributed by atoms with Crippen molar-refractivity contribution in [2.75, 3.05) is 19.5 Å². The van der Waals surface area contributed by atoms with Gasteiger partial charge in [-0.25, -0.2) is 5.48 Å². The highest BCUT2D eigenvalue weighted by atomic mass is 16.5. The van der Waals surface area contributed by atoms with Crippen molar-refractivity contribution in [3.05, 3.63) is 54.1 Å². The molecule has 0 spiro atoms. The number of nitrogens with one attached hydrogen (secondary N) is 1. The third-order valence-corrected chi connectivity index (χ3v) is 3.39. The molecule has 0 radical (unpaired) electrons. The number of aryl methyl sites for hydroxylation is 1. The molecule has 0 unspecified atom stereocenters. The zero-order chi connectivity index (χ0) is 22.1. The highest BCUT2D eigenvalue weighted by Gasteiger charge is 2.30. The first-order valence-electron chi connectivity index (χ1n) is 9.04. The van der Waals surface area contributed by atoms with E-state index < -0.39 is 0 Å². The van der Waals surface area contributed by atoms with Crippen LogP contribution in [0.25, 0.3) is 0 Å². The lowest BCUT2D eigenvalue weighted by Crippen LogP contribution is -2.04. The minimum Gasteiger partial charge on any atom is -0.466 e. The van der Waals surface area contributed by atoms with Gasteiger partial charge >= 0.3 is 5.97 Å². The maximum absolute atomic E-state index is 10.6. The molecule has 1 amide bonds. The third-order valence-electron chi connectivity index (χ3n) is 3.39. The van der Waals surface area contributed by atoms with Crippen LogP contribution in [-0.2, 0) is 14.3 Å². The molecular formula is C21H30N2O6. The number of nitrogens with two attached hydrogens (primary N) is 1. The third kappa shape index (κ3) is 12.8. The highest BCUT2D eigenvalue weighted by Crippen LogP contribution is 2.29. The molecule has 0 saturated heterocycles. The fourth-order valence-corrected chi connectivity index (χ4v) is 1.86.